The highest BCUT2D eigenvalue weighted by Crippen LogP contribution is 2.30. The summed E-state index contributed by atoms with van der Waals surface area (Å²) in [6.45, 7) is 0.182. The van der Waals surface area contributed by atoms with Gasteiger partial charge < -0.3 is 10.1 Å². The normalized spacial score (nSPS) is 10.5. The molecular weight excluding hydrogens is 429 g/mol. The molecule has 1 heterocycles. The molecule has 1 N–H and O–H groups in total. The number of benzene rings is 2. The van der Waals surface area contributed by atoms with Crippen LogP contribution in [0, 0.1) is 0 Å². The number of carbonyl (C=O) groups is 1. The summed E-state index contributed by atoms with van der Waals surface area (Å²) < 4.78 is 8.09. The average Bonchev–Trinajstić information content (AvgIpc) is 3.07. The second-order valence-corrected chi connectivity index (χ2v) is 6.75. The molecule has 3 rings (SSSR count). The minimum absolute atomic E-state index is 0.182. The highest BCUT2D eigenvalue weighted by Gasteiger charge is 2.14. The zero-order valence-electron chi connectivity index (χ0n) is 12.7. The van der Waals surface area contributed by atoms with Crippen LogP contribution < -0.4 is 10.1 Å². The van der Waals surface area contributed by atoms with Crippen LogP contribution in [-0.2, 0) is 6.73 Å². The second kappa shape index (κ2) is 7.91. The molecule has 0 aliphatic heterocycles. The summed E-state index contributed by atoms with van der Waals surface area (Å²) in [5.41, 5.74) is 0.590. The number of hydrogen-bond donors (Lipinski definition) is 1. The first-order valence-corrected chi connectivity index (χ1v) is 8.75. The molecule has 0 unspecified atom stereocenters. The van der Waals surface area contributed by atoms with E-state index in [0.29, 0.717) is 21.5 Å². The van der Waals surface area contributed by atoms with Crippen LogP contribution in [0.3, 0.4) is 0 Å². The molecule has 0 radical (unpaired) electrons. The first-order chi connectivity index (χ1) is 12.0. The largest absolute Gasteiger partial charge is 0.471 e. The minimum Gasteiger partial charge on any atom is -0.471 e. The topological polar surface area (TPSA) is 56.2 Å². The van der Waals surface area contributed by atoms with Gasteiger partial charge in [-0.05, 0) is 42.5 Å². The van der Waals surface area contributed by atoms with Crippen molar-refractivity contribution in [3.05, 3.63) is 74.9 Å². The molecule has 0 atom stereocenters. The Morgan fingerprint density at radius 3 is 2.48 bits per heavy atom. The molecule has 5 nitrogen and oxygen atoms in total. The summed E-state index contributed by atoms with van der Waals surface area (Å²) in [7, 11) is 0. The first-order valence-electron chi connectivity index (χ1n) is 7.20. The predicted octanol–water partition coefficient (Wildman–Crippen LogP) is 5.24. The van der Waals surface area contributed by atoms with E-state index in [9.17, 15) is 4.79 Å². The maximum absolute atomic E-state index is 12.3. The van der Waals surface area contributed by atoms with Crippen molar-refractivity contribution in [2.24, 2.45) is 0 Å². The third-order valence-corrected chi connectivity index (χ3v) is 4.41. The van der Waals surface area contributed by atoms with Gasteiger partial charge in [0.1, 0.15) is 5.75 Å². The first kappa shape index (κ1) is 17.8. The van der Waals surface area contributed by atoms with Gasteiger partial charge in [0.25, 0.3) is 5.91 Å². The van der Waals surface area contributed by atoms with Crippen molar-refractivity contribution in [3.8, 4) is 5.75 Å². The zero-order chi connectivity index (χ0) is 17.8. The van der Waals surface area contributed by atoms with Crippen molar-refractivity contribution in [1.29, 1.82) is 0 Å². The standard InChI is InChI=1S/C17H12BrCl2N3O2/c18-11-4-6-12(7-5-11)25-10-23-9-8-15(22-23)17(24)21-16-13(19)2-1-3-14(16)20/h1-9H,10H2,(H,21,24). The van der Waals surface area contributed by atoms with Gasteiger partial charge in [-0.2, -0.15) is 5.10 Å². The summed E-state index contributed by atoms with van der Waals surface area (Å²) in [6, 6.07) is 14.0. The Morgan fingerprint density at radius 1 is 1.12 bits per heavy atom. The molecule has 2 aromatic carbocycles. The lowest BCUT2D eigenvalue weighted by molar-refractivity contribution is 0.102. The van der Waals surface area contributed by atoms with Crippen molar-refractivity contribution >= 4 is 50.7 Å². The average molecular weight is 441 g/mol. The Morgan fingerprint density at radius 2 is 1.80 bits per heavy atom. The molecular formula is C17H12BrCl2N3O2. The highest BCUT2D eigenvalue weighted by atomic mass is 79.9. The number of para-hydroxylation sites is 1. The maximum atomic E-state index is 12.3. The van der Waals surface area contributed by atoms with Crippen LogP contribution in [0.4, 0.5) is 5.69 Å². The van der Waals surface area contributed by atoms with Gasteiger partial charge in [-0.3, -0.25) is 4.79 Å². The molecule has 0 fully saturated rings. The number of anilines is 1. The molecule has 0 spiro atoms. The van der Waals surface area contributed by atoms with Gasteiger partial charge in [0.05, 0.1) is 15.7 Å². The number of aromatic nitrogens is 2. The number of hydrogen-bond acceptors (Lipinski definition) is 3. The number of nitrogens with one attached hydrogen (secondary N) is 1. The number of amides is 1. The van der Waals surface area contributed by atoms with Gasteiger partial charge in [-0.1, -0.05) is 45.2 Å². The van der Waals surface area contributed by atoms with Crippen molar-refractivity contribution in [2.45, 2.75) is 6.73 Å². The Bertz CT molecular complexity index is 877. The molecule has 0 saturated carbocycles. The van der Waals surface area contributed by atoms with Crippen LogP contribution in [0.25, 0.3) is 0 Å². The Balaban J connectivity index is 1.64. The van der Waals surface area contributed by atoms with E-state index in [-0.39, 0.29) is 12.4 Å². The molecule has 25 heavy (non-hydrogen) atoms. The Labute approximate surface area is 162 Å². The van der Waals surface area contributed by atoms with E-state index in [1.54, 1.807) is 30.5 Å². The van der Waals surface area contributed by atoms with Gasteiger partial charge in [0.15, 0.2) is 12.4 Å². The summed E-state index contributed by atoms with van der Waals surface area (Å²) in [6.07, 6.45) is 1.65. The van der Waals surface area contributed by atoms with Crippen molar-refractivity contribution < 1.29 is 9.53 Å². The third kappa shape index (κ3) is 4.54. The number of nitrogens with zero attached hydrogens (tertiary/aromatic N) is 2. The SMILES string of the molecule is O=C(Nc1c(Cl)cccc1Cl)c1ccn(COc2ccc(Br)cc2)n1. The lowest BCUT2D eigenvalue weighted by Crippen LogP contribution is -2.14. The van der Waals surface area contributed by atoms with Crippen molar-refractivity contribution in [1.82, 2.24) is 9.78 Å². The third-order valence-electron chi connectivity index (χ3n) is 3.25. The fourth-order valence-corrected chi connectivity index (χ4v) is 2.78. The molecule has 0 aliphatic carbocycles. The minimum atomic E-state index is -0.405. The van der Waals surface area contributed by atoms with E-state index in [1.807, 2.05) is 24.3 Å². The van der Waals surface area contributed by atoms with Gasteiger partial charge in [0, 0.05) is 10.7 Å². The highest BCUT2D eigenvalue weighted by molar-refractivity contribution is 9.10. The Kier molecular flexibility index (Phi) is 5.63. The monoisotopic (exact) mass is 439 g/mol. The van der Waals surface area contributed by atoms with E-state index < -0.39 is 5.91 Å². The molecule has 1 amide bonds. The molecule has 0 bridgehead atoms. The van der Waals surface area contributed by atoms with Gasteiger partial charge in [0.2, 0.25) is 0 Å². The number of ether oxygens (including phenoxy) is 1. The lowest BCUT2D eigenvalue weighted by Gasteiger charge is -2.08. The summed E-state index contributed by atoms with van der Waals surface area (Å²) in [4.78, 5) is 12.3. The zero-order valence-corrected chi connectivity index (χ0v) is 15.8. The number of halogens is 3. The molecule has 0 aliphatic rings. The van der Waals surface area contributed by atoms with Crippen molar-refractivity contribution in [3.63, 3.8) is 0 Å². The second-order valence-electron chi connectivity index (χ2n) is 5.02. The summed E-state index contributed by atoms with van der Waals surface area (Å²) in [5.74, 6) is 0.296. The number of rotatable bonds is 5. The van der Waals surface area contributed by atoms with Crippen LogP contribution in [0.15, 0.2) is 59.2 Å². The van der Waals surface area contributed by atoms with E-state index in [1.165, 1.54) is 4.68 Å². The van der Waals surface area contributed by atoms with Crippen LogP contribution in [-0.4, -0.2) is 15.7 Å². The Hall–Kier alpha value is -2.02. The van der Waals surface area contributed by atoms with Crippen LogP contribution >= 0.6 is 39.1 Å². The van der Waals surface area contributed by atoms with Crippen LogP contribution in [0.5, 0.6) is 5.75 Å². The maximum Gasteiger partial charge on any atom is 0.276 e. The predicted molar refractivity (Wildman–Crippen MR) is 101 cm³/mol. The van der Waals surface area contributed by atoms with Gasteiger partial charge in [-0.15, -0.1) is 0 Å². The fraction of sp³-hybridized carbons (Fsp3) is 0.0588. The van der Waals surface area contributed by atoms with Crippen molar-refractivity contribution in [2.75, 3.05) is 5.32 Å². The van der Waals surface area contributed by atoms with Gasteiger partial charge >= 0.3 is 0 Å². The van der Waals surface area contributed by atoms with E-state index in [0.717, 1.165) is 4.47 Å². The van der Waals surface area contributed by atoms with Gasteiger partial charge in [-0.25, -0.2) is 4.68 Å². The lowest BCUT2D eigenvalue weighted by atomic mass is 10.3. The molecule has 0 saturated heterocycles. The summed E-state index contributed by atoms with van der Waals surface area (Å²) in [5, 5.41) is 7.57. The summed E-state index contributed by atoms with van der Waals surface area (Å²) >= 11 is 15.5. The number of carbonyl (C=O) groups excluding carboxylic acids is 1. The fourth-order valence-electron chi connectivity index (χ4n) is 2.02. The van der Waals surface area contributed by atoms with E-state index >= 15 is 0 Å². The molecule has 128 valence electrons. The van der Waals surface area contributed by atoms with E-state index in [4.69, 9.17) is 27.9 Å². The molecule has 8 heteroatoms. The quantitative estimate of drug-likeness (QED) is 0.590. The smallest absolute Gasteiger partial charge is 0.276 e. The van der Waals surface area contributed by atoms with E-state index in [2.05, 4.69) is 26.3 Å². The molecule has 3 aromatic rings. The van der Waals surface area contributed by atoms with Crippen LogP contribution in [0.2, 0.25) is 10.0 Å². The molecule has 1 aromatic heterocycles. The van der Waals surface area contributed by atoms with Crippen LogP contribution in [0.1, 0.15) is 10.5 Å².